The van der Waals surface area contributed by atoms with Gasteiger partial charge in [-0.05, 0) is 38.3 Å². The summed E-state index contributed by atoms with van der Waals surface area (Å²) < 4.78 is 18.9. The second-order valence-electron chi connectivity index (χ2n) is 5.31. The van der Waals surface area contributed by atoms with Crippen LogP contribution in [-0.4, -0.2) is 24.1 Å². The zero-order valence-corrected chi connectivity index (χ0v) is 11.2. The second kappa shape index (κ2) is 5.17. The zero-order valence-electron chi connectivity index (χ0n) is 11.2. The lowest BCUT2D eigenvalue weighted by Crippen LogP contribution is -2.57. The molecule has 1 saturated carbocycles. The Morgan fingerprint density at radius 1 is 1.58 bits per heavy atom. The average Bonchev–Trinajstić information content (AvgIpc) is 3.14. The first kappa shape index (κ1) is 13.8. The van der Waals surface area contributed by atoms with Gasteiger partial charge in [0.05, 0.1) is 0 Å². The van der Waals surface area contributed by atoms with E-state index in [2.05, 4.69) is 5.32 Å². The van der Waals surface area contributed by atoms with Crippen LogP contribution < -0.4 is 15.8 Å². The van der Waals surface area contributed by atoms with E-state index in [1.54, 1.807) is 26.0 Å². The Balaban J connectivity index is 2.01. The van der Waals surface area contributed by atoms with Gasteiger partial charge in [0.25, 0.3) is 0 Å². The van der Waals surface area contributed by atoms with E-state index in [0.717, 1.165) is 12.8 Å². The summed E-state index contributed by atoms with van der Waals surface area (Å²) >= 11 is 0. The van der Waals surface area contributed by atoms with Crippen LogP contribution in [0.2, 0.25) is 0 Å². The van der Waals surface area contributed by atoms with Gasteiger partial charge in [0.1, 0.15) is 23.7 Å². The van der Waals surface area contributed by atoms with E-state index in [9.17, 15) is 9.18 Å². The molecule has 1 aromatic carbocycles. The molecule has 0 aliphatic heterocycles. The predicted octanol–water partition coefficient (Wildman–Crippen LogP) is 1.51. The maximum absolute atomic E-state index is 13.4. The minimum atomic E-state index is -0.928. The van der Waals surface area contributed by atoms with E-state index < -0.39 is 11.4 Å². The molecule has 1 amide bonds. The van der Waals surface area contributed by atoms with Crippen molar-refractivity contribution >= 4 is 5.91 Å². The molecule has 0 bridgehead atoms. The van der Waals surface area contributed by atoms with Crippen molar-refractivity contribution < 1.29 is 13.9 Å². The van der Waals surface area contributed by atoms with E-state index in [-0.39, 0.29) is 12.4 Å². The first-order valence-electron chi connectivity index (χ1n) is 6.37. The molecule has 1 fully saturated rings. The van der Waals surface area contributed by atoms with Gasteiger partial charge in [-0.25, -0.2) is 4.39 Å². The van der Waals surface area contributed by atoms with Gasteiger partial charge in [-0.15, -0.1) is 0 Å². The Morgan fingerprint density at radius 3 is 2.79 bits per heavy atom. The Labute approximate surface area is 112 Å². The van der Waals surface area contributed by atoms with E-state index >= 15 is 0 Å². The fourth-order valence-corrected chi connectivity index (χ4v) is 1.75. The Hall–Kier alpha value is -1.62. The monoisotopic (exact) mass is 266 g/mol. The highest BCUT2D eigenvalue weighted by atomic mass is 19.1. The van der Waals surface area contributed by atoms with Crippen molar-refractivity contribution in [3.05, 3.63) is 29.6 Å². The van der Waals surface area contributed by atoms with Crippen LogP contribution in [0.4, 0.5) is 4.39 Å². The van der Waals surface area contributed by atoms with Crippen molar-refractivity contribution in [1.82, 2.24) is 5.32 Å². The van der Waals surface area contributed by atoms with Gasteiger partial charge in [0.2, 0.25) is 5.91 Å². The lowest BCUT2D eigenvalue weighted by Gasteiger charge is -2.27. The Kier molecular flexibility index (Phi) is 3.75. The van der Waals surface area contributed by atoms with Crippen LogP contribution in [0.25, 0.3) is 0 Å². The van der Waals surface area contributed by atoms with E-state index in [1.165, 1.54) is 6.07 Å². The van der Waals surface area contributed by atoms with E-state index in [1.807, 2.05) is 0 Å². The molecule has 0 radical (unpaired) electrons. The number of hydrogen-bond donors (Lipinski definition) is 2. The molecule has 1 unspecified atom stereocenters. The molecule has 4 nitrogen and oxygen atoms in total. The molecule has 0 aromatic heterocycles. The topological polar surface area (TPSA) is 64.3 Å². The normalized spacial score (nSPS) is 17.8. The molecule has 0 spiro atoms. The van der Waals surface area contributed by atoms with Gasteiger partial charge in [-0.1, -0.05) is 6.07 Å². The summed E-state index contributed by atoms with van der Waals surface area (Å²) in [6.45, 7) is 3.47. The number of hydrogen-bond acceptors (Lipinski definition) is 3. The molecule has 0 heterocycles. The SMILES string of the molecule is Cc1ccc(OCC(C)(NC2CC2)C(N)=O)cc1F. The highest BCUT2D eigenvalue weighted by Gasteiger charge is 2.37. The van der Waals surface area contributed by atoms with E-state index in [0.29, 0.717) is 17.4 Å². The number of aryl methyl sites for hydroxylation is 1. The number of carbonyl (C=O) groups is 1. The molecule has 2 rings (SSSR count). The Bertz CT molecular complexity index is 488. The molecule has 0 saturated heterocycles. The molecule has 1 aliphatic carbocycles. The molecule has 1 atom stereocenters. The van der Waals surface area contributed by atoms with Gasteiger partial charge >= 0.3 is 0 Å². The number of nitrogens with one attached hydrogen (secondary N) is 1. The van der Waals surface area contributed by atoms with Gasteiger partial charge in [-0.2, -0.15) is 0 Å². The van der Waals surface area contributed by atoms with Gasteiger partial charge < -0.3 is 10.5 Å². The number of rotatable bonds is 6. The fourth-order valence-electron chi connectivity index (χ4n) is 1.75. The number of nitrogens with two attached hydrogens (primary N) is 1. The molecular formula is C14H19FN2O2. The third-order valence-electron chi connectivity index (χ3n) is 3.31. The summed E-state index contributed by atoms with van der Waals surface area (Å²) in [5.41, 5.74) is 5.04. The molecule has 1 aliphatic rings. The van der Waals surface area contributed by atoms with Crippen LogP contribution in [0.3, 0.4) is 0 Å². The summed E-state index contributed by atoms with van der Waals surface area (Å²) in [7, 11) is 0. The molecule has 19 heavy (non-hydrogen) atoms. The van der Waals surface area contributed by atoms with Crippen LogP contribution in [0.1, 0.15) is 25.3 Å². The largest absolute Gasteiger partial charge is 0.491 e. The van der Waals surface area contributed by atoms with Crippen molar-refractivity contribution in [3.8, 4) is 5.75 Å². The second-order valence-corrected chi connectivity index (χ2v) is 5.31. The highest BCUT2D eigenvalue weighted by molar-refractivity contribution is 5.84. The van der Waals surface area contributed by atoms with Crippen molar-refractivity contribution in [2.24, 2.45) is 5.73 Å². The van der Waals surface area contributed by atoms with Crippen LogP contribution in [0.15, 0.2) is 18.2 Å². The smallest absolute Gasteiger partial charge is 0.240 e. The number of primary amides is 1. The third-order valence-corrected chi connectivity index (χ3v) is 3.31. The molecule has 104 valence electrons. The maximum atomic E-state index is 13.4. The summed E-state index contributed by atoms with van der Waals surface area (Å²) in [6.07, 6.45) is 2.09. The summed E-state index contributed by atoms with van der Waals surface area (Å²) in [5.74, 6) is -0.395. The average molecular weight is 266 g/mol. The van der Waals surface area contributed by atoms with Gasteiger partial charge in [0.15, 0.2) is 0 Å². The highest BCUT2D eigenvalue weighted by Crippen LogP contribution is 2.23. The maximum Gasteiger partial charge on any atom is 0.240 e. The molecule has 5 heteroatoms. The van der Waals surface area contributed by atoms with Gasteiger partial charge in [0, 0.05) is 12.1 Å². The lowest BCUT2D eigenvalue weighted by molar-refractivity contribution is -0.125. The number of halogens is 1. The number of carbonyl (C=O) groups excluding carboxylic acids is 1. The summed E-state index contributed by atoms with van der Waals surface area (Å²) in [5, 5.41) is 3.17. The third kappa shape index (κ3) is 3.44. The van der Waals surface area contributed by atoms with Crippen LogP contribution in [0, 0.1) is 12.7 Å². The van der Waals surface area contributed by atoms with Crippen molar-refractivity contribution in [2.75, 3.05) is 6.61 Å². The first-order valence-corrected chi connectivity index (χ1v) is 6.37. The van der Waals surface area contributed by atoms with Crippen molar-refractivity contribution in [1.29, 1.82) is 0 Å². The fraction of sp³-hybridized carbons (Fsp3) is 0.500. The number of amides is 1. The van der Waals surface area contributed by atoms with Crippen LogP contribution in [-0.2, 0) is 4.79 Å². The van der Waals surface area contributed by atoms with Crippen LogP contribution in [0.5, 0.6) is 5.75 Å². The zero-order chi connectivity index (χ0) is 14.0. The molecular weight excluding hydrogens is 247 g/mol. The van der Waals surface area contributed by atoms with Crippen molar-refractivity contribution in [3.63, 3.8) is 0 Å². The minimum Gasteiger partial charge on any atom is -0.491 e. The predicted molar refractivity (Wildman–Crippen MR) is 70.4 cm³/mol. The quantitative estimate of drug-likeness (QED) is 0.820. The van der Waals surface area contributed by atoms with Crippen molar-refractivity contribution in [2.45, 2.75) is 38.3 Å². The number of benzene rings is 1. The lowest BCUT2D eigenvalue weighted by atomic mass is 10.0. The van der Waals surface area contributed by atoms with E-state index in [4.69, 9.17) is 10.5 Å². The van der Waals surface area contributed by atoms with Gasteiger partial charge in [-0.3, -0.25) is 10.1 Å². The molecule has 1 aromatic rings. The van der Waals surface area contributed by atoms with Crippen LogP contribution >= 0.6 is 0 Å². The summed E-state index contributed by atoms with van der Waals surface area (Å²) in [4.78, 5) is 11.5. The summed E-state index contributed by atoms with van der Waals surface area (Å²) in [6, 6.07) is 4.96. The first-order chi connectivity index (χ1) is 8.90. The minimum absolute atomic E-state index is 0.0847. The number of ether oxygens (including phenoxy) is 1. The standard InChI is InChI=1S/C14H19FN2O2/c1-9-3-6-11(7-12(9)15)19-8-14(2,13(16)18)17-10-4-5-10/h3,6-7,10,17H,4-5,8H2,1-2H3,(H2,16,18). The molecule has 3 N–H and O–H groups in total. The Morgan fingerprint density at radius 2 is 2.26 bits per heavy atom.